The first-order valence-electron chi connectivity index (χ1n) is 8.32. The van der Waals surface area contributed by atoms with Crippen LogP contribution in [0.2, 0.25) is 0 Å². The second kappa shape index (κ2) is 9.76. The number of amides is 1. The van der Waals surface area contributed by atoms with Crippen LogP contribution < -0.4 is 14.8 Å². The Morgan fingerprint density at radius 1 is 1.15 bits per heavy atom. The Labute approximate surface area is 156 Å². The number of nitrogens with zero attached hydrogens (tertiary/aromatic N) is 1. The maximum atomic E-state index is 12.1. The minimum absolute atomic E-state index is 0.125. The molecule has 1 heterocycles. The number of aromatic nitrogens is 1. The molecule has 140 valence electrons. The lowest BCUT2D eigenvalue weighted by Gasteiger charge is -2.12. The van der Waals surface area contributed by atoms with Gasteiger partial charge in [-0.1, -0.05) is 6.07 Å². The Balaban J connectivity index is 1.91. The minimum atomic E-state index is -0.938. The molecule has 0 aliphatic rings. The van der Waals surface area contributed by atoms with E-state index in [9.17, 15) is 9.59 Å². The van der Waals surface area contributed by atoms with Crippen molar-refractivity contribution in [3.05, 3.63) is 39.8 Å². The third kappa shape index (κ3) is 6.03. The number of carboxylic acids is 1. The van der Waals surface area contributed by atoms with E-state index in [-0.39, 0.29) is 18.7 Å². The summed E-state index contributed by atoms with van der Waals surface area (Å²) in [6.45, 7) is 5.24. The van der Waals surface area contributed by atoms with Crippen LogP contribution in [0.25, 0.3) is 0 Å². The zero-order valence-electron chi connectivity index (χ0n) is 14.8. The van der Waals surface area contributed by atoms with Crippen molar-refractivity contribution in [1.82, 2.24) is 10.3 Å². The quantitative estimate of drug-likeness (QED) is 0.659. The van der Waals surface area contributed by atoms with Crippen LogP contribution in [0.1, 0.15) is 30.1 Å². The average Bonchev–Trinajstić information content (AvgIpc) is 3.01. The van der Waals surface area contributed by atoms with Gasteiger partial charge in [0.25, 0.3) is 0 Å². The van der Waals surface area contributed by atoms with Gasteiger partial charge in [-0.25, -0.2) is 4.98 Å². The second-order valence-electron chi connectivity index (χ2n) is 5.40. The highest BCUT2D eigenvalue weighted by atomic mass is 32.1. The maximum Gasteiger partial charge on any atom is 0.309 e. The summed E-state index contributed by atoms with van der Waals surface area (Å²) >= 11 is 1.29. The SMILES string of the molecule is CCOc1ccc(CNC(=O)Cc2nc(CC(=O)O)cs2)cc1OCC. The molecule has 2 rings (SSSR count). The van der Waals surface area contributed by atoms with E-state index in [1.54, 1.807) is 5.38 Å². The van der Waals surface area contributed by atoms with Crippen molar-refractivity contribution in [2.24, 2.45) is 0 Å². The molecule has 1 aromatic carbocycles. The molecule has 26 heavy (non-hydrogen) atoms. The smallest absolute Gasteiger partial charge is 0.309 e. The molecule has 0 saturated heterocycles. The lowest BCUT2D eigenvalue weighted by Crippen LogP contribution is -2.24. The second-order valence-corrected chi connectivity index (χ2v) is 6.35. The van der Waals surface area contributed by atoms with Gasteiger partial charge in [-0.15, -0.1) is 11.3 Å². The summed E-state index contributed by atoms with van der Waals surface area (Å²) in [6.07, 6.45) is -0.00979. The lowest BCUT2D eigenvalue weighted by atomic mass is 10.2. The van der Waals surface area contributed by atoms with E-state index in [4.69, 9.17) is 14.6 Å². The molecule has 0 fully saturated rings. The standard InChI is InChI=1S/C18H22N2O5S/c1-3-24-14-6-5-12(7-15(14)25-4-2)10-19-16(21)9-17-20-13(11-26-17)8-18(22)23/h5-7,11H,3-4,8-10H2,1-2H3,(H,19,21)(H,22,23). The van der Waals surface area contributed by atoms with Crippen molar-refractivity contribution in [2.75, 3.05) is 13.2 Å². The van der Waals surface area contributed by atoms with Crippen LogP contribution in [0.5, 0.6) is 11.5 Å². The molecule has 7 nitrogen and oxygen atoms in total. The number of carboxylic acid groups (broad SMARTS) is 1. The number of aliphatic carboxylic acids is 1. The number of hydrogen-bond donors (Lipinski definition) is 2. The minimum Gasteiger partial charge on any atom is -0.490 e. The zero-order chi connectivity index (χ0) is 18.9. The molecular formula is C18H22N2O5S. The predicted octanol–water partition coefficient (Wildman–Crippen LogP) is 2.43. The van der Waals surface area contributed by atoms with Crippen molar-refractivity contribution in [3.8, 4) is 11.5 Å². The van der Waals surface area contributed by atoms with Gasteiger partial charge in [-0.05, 0) is 31.5 Å². The topological polar surface area (TPSA) is 97.8 Å². The Bertz CT molecular complexity index is 760. The van der Waals surface area contributed by atoms with Crippen molar-refractivity contribution < 1.29 is 24.2 Å². The van der Waals surface area contributed by atoms with Gasteiger partial charge in [0.2, 0.25) is 5.91 Å². The van der Waals surface area contributed by atoms with Crippen LogP contribution in [0, 0.1) is 0 Å². The predicted molar refractivity (Wildman–Crippen MR) is 97.8 cm³/mol. The first kappa shape index (κ1) is 19.7. The molecule has 8 heteroatoms. The molecular weight excluding hydrogens is 356 g/mol. The molecule has 0 unspecified atom stereocenters. The third-order valence-electron chi connectivity index (χ3n) is 3.34. The highest BCUT2D eigenvalue weighted by molar-refractivity contribution is 7.09. The Morgan fingerprint density at radius 3 is 2.58 bits per heavy atom. The van der Waals surface area contributed by atoms with E-state index in [2.05, 4.69) is 10.3 Å². The number of carbonyl (C=O) groups is 2. The summed E-state index contributed by atoms with van der Waals surface area (Å²) in [6, 6.07) is 5.56. The van der Waals surface area contributed by atoms with Crippen LogP contribution in [0.15, 0.2) is 23.6 Å². The summed E-state index contributed by atoms with van der Waals surface area (Å²) in [5.74, 6) is 0.220. The van der Waals surface area contributed by atoms with Gasteiger partial charge in [0.15, 0.2) is 11.5 Å². The molecule has 1 aromatic heterocycles. The fraction of sp³-hybridized carbons (Fsp3) is 0.389. The van der Waals surface area contributed by atoms with Gasteiger partial charge in [-0.2, -0.15) is 0 Å². The van der Waals surface area contributed by atoms with Crippen molar-refractivity contribution in [3.63, 3.8) is 0 Å². The first-order chi connectivity index (χ1) is 12.5. The molecule has 0 saturated carbocycles. The van der Waals surface area contributed by atoms with Gasteiger partial charge in [0, 0.05) is 11.9 Å². The number of nitrogens with one attached hydrogen (secondary N) is 1. The third-order valence-corrected chi connectivity index (χ3v) is 4.24. The highest BCUT2D eigenvalue weighted by Crippen LogP contribution is 2.28. The average molecular weight is 378 g/mol. The van der Waals surface area contributed by atoms with Crippen LogP contribution in [0.4, 0.5) is 0 Å². The van der Waals surface area contributed by atoms with Crippen LogP contribution in [-0.2, 0) is 29.0 Å². The van der Waals surface area contributed by atoms with E-state index in [0.29, 0.717) is 42.0 Å². The number of thiazole rings is 1. The maximum absolute atomic E-state index is 12.1. The summed E-state index contributed by atoms with van der Waals surface area (Å²) < 4.78 is 11.1. The fourth-order valence-electron chi connectivity index (χ4n) is 2.27. The van der Waals surface area contributed by atoms with Crippen molar-refractivity contribution >= 4 is 23.2 Å². The van der Waals surface area contributed by atoms with Crippen LogP contribution >= 0.6 is 11.3 Å². The van der Waals surface area contributed by atoms with Gasteiger partial charge in [-0.3, -0.25) is 9.59 Å². The number of benzene rings is 1. The van der Waals surface area contributed by atoms with E-state index in [1.807, 2.05) is 32.0 Å². The summed E-state index contributed by atoms with van der Waals surface area (Å²) in [4.78, 5) is 26.9. The van der Waals surface area contributed by atoms with Crippen molar-refractivity contribution in [2.45, 2.75) is 33.2 Å². The lowest BCUT2D eigenvalue weighted by molar-refractivity contribution is -0.136. The van der Waals surface area contributed by atoms with Gasteiger partial charge in [0.1, 0.15) is 5.01 Å². The van der Waals surface area contributed by atoms with Crippen molar-refractivity contribution in [1.29, 1.82) is 0 Å². The Hall–Kier alpha value is -2.61. The largest absolute Gasteiger partial charge is 0.490 e. The molecule has 0 bridgehead atoms. The number of hydrogen-bond acceptors (Lipinski definition) is 6. The summed E-state index contributed by atoms with van der Waals surface area (Å²) in [5, 5.41) is 13.8. The van der Waals surface area contributed by atoms with E-state index in [0.717, 1.165) is 5.56 Å². The number of ether oxygens (including phenoxy) is 2. The molecule has 0 aliphatic heterocycles. The Kier molecular flexibility index (Phi) is 7.40. The molecule has 0 atom stereocenters. The van der Waals surface area contributed by atoms with Crippen LogP contribution in [0.3, 0.4) is 0 Å². The molecule has 2 N–H and O–H groups in total. The molecule has 0 aliphatic carbocycles. The molecule has 1 amide bonds. The van der Waals surface area contributed by atoms with Crippen LogP contribution in [-0.4, -0.2) is 35.2 Å². The summed E-state index contributed by atoms with van der Waals surface area (Å²) in [7, 11) is 0. The zero-order valence-corrected chi connectivity index (χ0v) is 15.6. The normalized spacial score (nSPS) is 10.4. The highest BCUT2D eigenvalue weighted by Gasteiger charge is 2.11. The number of carbonyl (C=O) groups excluding carboxylic acids is 1. The molecule has 0 radical (unpaired) electrons. The van der Waals surface area contributed by atoms with E-state index < -0.39 is 5.97 Å². The fourth-order valence-corrected chi connectivity index (χ4v) is 3.06. The monoisotopic (exact) mass is 378 g/mol. The Morgan fingerprint density at radius 2 is 1.88 bits per heavy atom. The van der Waals surface area contributed by atoms with Gasteiger partial charge in [0.05, 0.1) is 31.7 Å². The number of rotatable bonds is 10. The van der Waals surface area contributed by atoms with E-state index in [1.165, 1.54) is 11.3 Å². The molecule has 2 aromatic rings. The molecule has 0 spiro atoms. The van der Waals surface area contributed by atoms with Gasteiger partial charge < -0.3 is 19.9 Å². The van der Waals surface area contributed by atoms with E-state index >= 15 is 0 Å². The summed E-state index contributed by atoms with van der Waals surface area (Å²) in [5.41, 5.74) is 1.37. The first-order valence-corrected chi connectivity index (χ1v) is 9.20. The van der Waals surface area contributed by atoms with Gasteiger partial charge >= 0.3 is 5.97 Å².